The summed E-state index contributed by atoms with van der Waals surface area (Å²) in [6, 6.07) is 115. The molecule has 149 heavy (non-hydrogen) atoms. The second kappa shape index (κ2) is 59.0. The third-order valence-electron chi connectivity index (χ3n) is 28.0. The molecule has 780 valence electrons. The highest BCUT2D eigenvalue weighted by molar-refractivity contribution is 9.10. The lowest BCUT2D eigenvalue weighted by Crippen LogP contribution is -2.47. The SMILES string of the molecule is CC(C)(C)c1ccc(C(=O)CCCN2CCC(OC(c3ccccc3)c3ccccc3)CC2)cc1.CCOC(=O)N1CCC(=C2c3ccc(Cl)cc3CCc3cccnc32)CC1.CN(C)CCC(c1ccc(Cl)cc1)c1ccccn1.CN(C)CCOC(C)(c1ccccc1)c1ccc(Br)cc1.CN(C)CC[C@@H](c1ccc(Cl)cc1)c1ccccn1.Cc1cccc(CN2CCN(C(c3ccccc3)c3ccc(Cl)cc3)CC2)c1. The number of pyridine rings is 3. The van der Waals surface area contributed by atoms with Gasteiger partial charge in [0.25, 0.3) is 0 Å². The third kappa shape index (κ3) is 35.8. The van der Waals surface area contributed by atoms with Crippen LogP contribution in [0.3, 0.4) is 0 Å². The molecule has 3 aliphatic heterocycles. The molecule has 0 spiro atoms. The van der Waals surface area contributed by atoms with Crippen molar-refractivity contribution in [2.24, 2.45) is 0 Å². The Morgan fingerprint density at radius 3 is 1.44 bits per heavy atom. The van der Waals surface area contributed by atoms with Gasteiger partial charge >= 0.3 is 6.09 Å². The Bertz CT molecular complexity index is 6220. The van der Waals surface area contributed by atoms with Crippen LogP contribution in [0.15, 0.2) is 362 Å². The summed E-state index contributed by atoms with van der Waals surface area (Å²) in [4.78, 5) is 54.4. The van der Waals surface area contributed by atoms with Gasteiger partial charge in [0, 0.05) is 149 Å². The standard InChI is InChI=1S/C32H39NO2.C25H27ClN2.C22H23ClN2O2.C18H22BrNO.2C16H19ClN2/c1-32(2,3)28-18-16-25(17-19-28)30(34)15-10-22-33-23-20-29(21-24-33)35-31(26-11-6-4-7-12-26)27-13-8-5-9-14-27;1-20-6-5-7-21(18-20)19-27-14-16-28(17-15-27)25(22-8-3-2-4-9-22)23-10-12-24(26)13-11-23;1-2-27-22(26)25-12-9-15(10-13-25)20-19-8-7-18(23)14-17(19)6-5-16-4-3-11-24-21(16)20;1-18(21-14-13-20(2)3,15-7-5-4-6-8-15)16-9-11-17(19)12-10-16;2*1-19(2)12-10-15(16-5-3-4-11-18-16)13-6-8-14(17)9-7-13/h4-9,11-14,16-19,29,31H,10,15,20-24H2,1-3H3;2-13,18,25H,14-17,19H2,1H3;3-4,7-8,11,14H,2,5-6,9-10,12-13H2,1H3;4-12H,13-14H2,1-3H3;2*3-9,11,15H,10,12H2,1-2H3/t;;;;15-;/m....0./s1. The number of hydrogen-bond acceptors (Lipinski definition) is 14. The molecule has 18 rings (SSSR count). The highest BCUT2D eigenvalue weighted by Gasteiger charge is 2.34. The quantitative estimate of drug-likeness (QED) is 0.0383. The van der Waals surface area contributed by atoms with E-state index in [1.165, 1.54) is 83.5 Å². The maximum absolute atomic E-state index is 12.7. The number of Topliss-reactive ketones (excluding diaryl/α,β-unsaturated/α-hetero) is 1. The number of nitrogens with zero attached hydrogens (tertiary/aromatic N) is 10. The van der Waals surface area contributed by atoms with Gasteiger partial charge in [0.2, 0.25) is 0 Å². The fraction of sp³-hybridized carbons (Fsp3) is 0.341. The number of ketones is 1. The van der Waals surface area contributed by atoms with Gasteiger partial charge in [-0.25, -0.2) is 4.79 Å². The molecule has 4 aliphatic rings. The van der Waals surface area contributed by atoms with Gasteiger partial charge in [-0.3, -0.25) is 29.5 Å². The normalized spacial score (nSPS) is 15.0. The zero-order chi connectivity index (χ0) is 105. The number of fused-ring (bicyclic) bond motifs is 2. The number of carbonyl (C=O) groups is 2. The molecule has 3 unspecified atom stereocenters. The van der Waals surface area contributed by atoms with E-state index in [2.05, 4.69) is 375 Å². The molecule has 0 bridgehead atoms. The number of piperidine rings is 2. The molecule has 20 heteroatoms. The topological polar surface area (TPSA) is 123 Å². The van der Waals surface area contributed by atoms with Gasteiger partial charge in [-0.2, -0.15) is 0 Å². The predicted octanol–water partition coefficient (Wildman–Crippen LogP) is 29.6. The molecule has 1 aliphatic carbocycles. The molecule has 6 heterocycles. The molecule has 11 aromatic carbocycles. The minimum atomic E-state index is -0.433. The van der Waals surface area contributed by atoms with Gasteiger partial charge in [-0.15, -0.1) is 0 Å². The average Bonchev–Trinajstić information content (AvgIpc) is 1.68. The minimum Gasteiger partial charge on any atom is -0.450 e. The van der Waals surface area contributed by atoms with Gasteiger partial charge in [0.15, 0.2) is 5.78 Å². The second-order valence-electron chi connectivity index (χ2n) is 40.8. The van der Waals surface area contributed by atoms with E-state index in [0.29, 0.717) is 44.6 Å². The number of rotatable bonds is 31. The first-order valence-electron chi connectivity index (χ1n) is 52.6. The van der Waals surface area contributed by atoms with Gasteiger partial charge < -0.3 is 38.7 Å². The fourth-order valence-corrected chi connectivity index (χ4v) is 20.5. The summed E-state index contributed by atoms with van der Waals surface area (Å²) >= 11 is 27.8. The van der Waals surface area contributed by atoms with E-state index >= 15 is 0 Å². The van der Waals surface area contributed by atoms with Crippen LogP contribution in [0.5, 0.6) is 0 Å². The molecular formula is C129H149BrCl4N10O5. The van der Waals surface area contributed by atoms with Crippen LogP contribution in [0.2, 0.25) is 20.1 Å². The number of likely N-dealkylation sites (tertiary alicyclic amines) is 2. The largest absolute Gasteiger partial charge is 0.450 e. The Balaban J connectivity index is 0.000000151. The fourth-order valence-electron chi connectivity index (χ4n) is 19.6. The van der Waals surface area contributed by atoms with Crippen molar-refractivity contribution in [2.45, 2.75) is 153 Å². The van der Waals surface area contributed by atoms with E-state index in [9.17, 15) is 9.59 Å². The summed E-state index contributed by atoms with van der Waals surface area (Å²) < 4.78 is 19.2. The first-order chi connectivity index (χ1) is 72.1. The van der Waals surface area contributed by atoms with Crippen LogP contribution in [-0.4, -0.2) is 201 Å². The summed E-state index contributed by atoms with van der Waals surface area (Å²) in [5.41, 5.74) is 24.1. The molecule has 4 atom stereocenters. The van der Waals surface area contributed by atoms with Gasteiger partial charge in [0.05, 0.1) is 31.1 Å². The van der Waals surface area contributed by atoms with E-state index in [-0.39, 0.29) is 35.5 Å². The van der Waals surface area contributed by atoms with Crippen molar-refractivity contribution in [3.8, 4) is 0 Å². The molecule has 1 amide bonds. The highest BCUT2D eigenvalue weighted by Crippen LogP contribution is 2.42. The van der Waals surface area contributed by atoms with E-state index < -0.39 is 5.60 Å². The summed E-state index contributed by atoms with van der Waals surface area (Å²) in [5.74, 6) is 0.888. The van der Waals surface area contributed by atoms with Gasteiger partial charge in [-0.1, -0.05) is 337 Å². The lowest BCUT2D eigenvalue weighted by Gasteiger charge is -2.40. The average molecular weight is 2140 g/mol. The summed E-state index contributed by atoms with van der Waals surface area (Å²) in [6.45, 7) is 26.5. The van der Waals surface area contributed by atoms with Gasteiger partial charge in [-0.05, 0) is 309 Å². The van der Waals surface area contributed by atoms with Crippen LogP contribution in [0.4, 0.5) is 4.79 Å². The molecule has 0 saturated carbocycles. The number of halogens is 5. The number of aromatic nitrogens is 3. The van der Waals surface area contributed by atoms with E-state index in [1.54, 1.807) is 4.90 Å². The molecule has 0 N–H and O–H groups in total. The highest BCUT2D eigenvalue weighted by atomic mass is 79.9. The lowest BCUT2D eigenvalue weighted by atomic mass is 9.86. The number of likely N-dealkylation sites (N-methyl/N-ethyl adjacent to an activating group) is 1. The smallest absolute Gasteiger partial charge is 0.409 e. The zero-order valence-electron chi connectivity index (χ0n) is 89.0. The number of amides is 1. The first-order valence-corrected chi connectivity index (χ1v) is 54.9. The monoisotopic (exact) mass is 2140 g/mol. The van der Waals surface area contributed by atoms with Crippen molar-refractivity contribution in [3.63, 3.8) is 0 Å². The predicted molar refractivity (Wildman–Crippen MR) is 622 cm³/mol. The zero-order valence-corrected chi connectivity index (χ0v) is 93.6. The number of benzene rings is 11. The van der Waals surface area contributed by atoms with Crippen LogP contribution in [0, 0.1) is 6.92 Å². The van der Waals surface area contributed by atoms with Crippen molar-refractivity contribution in [1.82, 2.24) is 49.3 Å². The van der Waals surface area contributed by atoms with Crippen molar-refractivity contribution in [3.05, 3.63) is 483 Å². The Kier molecular flexibility index (Phi) is 45.6. The molecule has 14 aromatic rings. The lowest BCUT2D eigenvalue weighted by molar-refractivity contribution is -0.0270. The first kappa shape index (κ1) is 115. The van der Waals surface area contributed by atoms with Crippen LogP contribution in [0.1, 0.15) is 215 Å². The maximum Gasteiger partial charge on any atom is 0.409 e. The van der Waals surface area contributed by atoms with E-state index in [0.717, 1.165) is 183 Å². The summed E-state index contributed by atoms with van der Waals surface area (Å²) in [6.07, 6.45) is 14.8. The number of hydrogen-bond donors (Lipinski definition) is 0. The van der Waals surface area contributed by atoms with E-state index in [1.807, 2.05) is 117 Å². The summed E-state index contributed by atoms with van der Waals surface area (Å²) in [5, 5.41) is 3.11. The van der Waals surface area contributed by atoms with Crippen LogP contribution >= 0.6 is 62.3 Å². The van der Waals surface area contributed by atoms with Crippen molar-refractivity contribution >= 4 is 79.8 Å². The second-order valence-corrected chi connectivity index (χ2v) is 43.5. The number of piperazine rings is 1. The molecule has 3 saturated heterocycles. The maximum atomic E-state index is 12.7. The summed E-state index contributed by atoms with van der Waals surface area (Å²) in [7, 11) is 12.5. The van der Waals surface area contributed by atoms with Crippen molar-refractivity contribution in [1.29, 1.82) is 0 Å². The molecular weight excluding hydrogens is 1990 g/mol. The Morgan fingerprint density at radius 2 is 0.933 bits per heavy atom. The van der Waals surface area contributed by atoms with E-state index in [4.69, 9.17) is 65.6 Å². The Morgan fingerprint density at radius 1 is 0.450 bits per heavy atom. The number of ether oxygens (including phenoxy) is 3. The van der Waals surface area contributed by atoms with Crippen molar-refractivity contribution < 1.29 is 23.8 Å². The number of aryl methyl sites for hydroxylation is 3. The molecule has 3 fully saturated rings. The van der Waals surface area contributed by atoms with Crippen LogP contribution < -0.4 is 0 Å². The van der Waals surface area contributed by atoms with Crippen molar-refractivity contribution in [2.75, 3.05) is 134 Å². The molecule has 0 radical (unpaired) electrons. The van der Waals surface area contributed by atoms with Crippen LogP contribution in [-0.2, 0) is 44.6 Å². The minimum absolute atomic E-state index is 0.0313. The Labute approximate surface area is 916 Å². The number of carbonyl (C=O) groups excluding carboxylic acids is 2. The van der Waals surface area contributed by atoms with Gasteiger partial charge in [0.1, 0.15) is 11.7 Å². The Hall–Kier alpha value is -11.1. The third-order valence-corrected chi connectivity index (χ3v) is 29.5. The molecule has 3 aromatic heterocycles. The van der Waals surface area contributed by atoms with Crippen LogP contribution in [0.25, 0.3) is 5.57 Å². The molecule has 15 nitrogen and oxygen atoms in total.